The summed E-state index contributed by atoms with van der Waals surface area (Å²) in [7, 11) is 0. The third kappa shape index (κ3) is 5.18. The molecule has 3 nitrogen and oxygen atoms in total. The van der Waals surface area contributed by atoms with E-state index in [-0.39, 0.29) is 23.8 Å². The first-order chi connectivity index (χ1) is 12.9. The van der Waals surface area contributed by atoms with Crippen molar-refractivity contribution < 1.29 is 9.18 Å². The Balaban J connectivity index is 1.61. The lowest BCUT2D eigenvalue weighted by molar-refractivity contribution is -0.133. The normalized spacial score (nSPS) is 21.0. The van der Waals surface area contributed by atoms with Crippen LogP contribution < -0.4 is 0 Å². The van der Waals surface area contributed by atoms with Gasteiger partial charge in [-0.25, -0.2) is 4.39 Å². The molecule has 0 aliphatic carbocycles. The quantitative estimate of drug-likeness (QED) is 0.716. The van der Waals surface area contributed by atoms with Crippen molar-refractivity contribution in [2.45, 2.75) is 32.5 Å². The molecular weight excluding hydrogens is 363 g/mol. The molecule has 0 saturated carbocycles. The smallest absolute Gasteiger partial charge is 0.247 e. The second-order valence-electron chi connectivity index (χ2n) is 7.15. The molecule has 1 amide bonds. The number of benzene rings is 2. The predicted molar refractivity (Wildman–Crippen MR) is 108 cm³/mol. The number of piperazine rings is 1. The fourth-order valence-corrected chi connectivity index (χ4v) is 3.80. The largest absolute Gasteiger partial charge is 0.331 e. The standard InChI is InChI=1S/C22H24ClFN2O/c1-16-13-25(15-19-5-10-21(24)11-6-19)14-17(2)26(16)22(27)12-7-18-3-8-20(23)9-4-18/h3-12,16-17H,13-15H2,1-2H3/b12-7+/t16-,17+. The first kappa shape index (κ1) is 19.6. The molecule has 27 heavy (non-hydrogen) atoms. The van der Waals surface area contributed by atoms with Gasteiger partial charge in [-0.2, -0.15) is 0 Å². The second kappa shape index (κ2) is 8.68. The first-order valence-electron chi connectivity index (χ1n) is 9.15. The van der Waals surface area contributed by atoms with Gasteiger partial charge >= 0.3 is 0 Å². The van der Waals surface area contributed by atoms with E-state index in [1.165, 1.54) is 12.1 Å². The van der Waals surface area contributed by atoms with Crippen molar-refractivity contribution in [3.8, 4) is 0 Å². The van der Waals surface area contributed by atoms with Crippen LogP contribution in [0.3, 0.4) is 0 Å². The Labute approximate surface area is 165 Å². The maximum absolute atomic E-state index is 13.1. The van der Waals surface area contributed by atoms with Crippen molar-refractivity contribution >= 4 is 23.6 Å². The minimum atomic E-state index is -0.219. The zero-order valence-corrected chi connectivity index (χ0v) is 16.4. The fourth-order valence-electron chi connectivity index (χ4n) is 3.67. The molecule has 0 aromatic heterocycles. The van der Waals surface area contributed by atoms with Crippen LogP contribution in [0.1, 0.15) is 25.0 Å². The number of carbonyl (C=O) groups is 1. The lowest BCUT2D eigenvalue weighted by Gasteiger charge is -2.44. The van der Waals surface area contributed by atoms with Gasteiger partial charge in [0.05, 0.1) is 0 Å². The Kier molecular flexibility index (Phi) is 6.30. The highest BCUT2D eigenvalue weighted by molar-refractivity contribution is 6.30. The molecule has 1 aliphatic heterocycles. The van der Waals surface area contributed by atoms with Gasteiger partial charge in [0.25, 0.3) is 0 Å². The number of rotatable bonds is 4. The average Bonchev–Trinajstić information content (AvgIpc) is 2.62. The summed E-state index contributed by atoms with van der Waals surface area (Å²) in [6.07, 6.45) is 3.45. The van der Waals surface area contributed by atoms with Crippen molar-refractivity contribution in [1.82, 2.24) is 9.80 Å². The molecule has 0 bridgehead atoms. The van der Waals surface area contributed by atoms with Gasteiger partial charge in [0.1, 0.15) is 5.82 Å². The molecule has 1 saturated heterocycles. The van der Waals surface area contributed by atoms with Crippen molar-refractivity contribution in [3.63, 3.8) is 0 Å². The van der Waals surface area contributed by atoms with Crippen molar-refractivity contribution in [3.05, 3.63) is 76.6 Å². The van der Waals surface area contributed by atoms with Crippen LogP contribution in [0.2, 0.25) is 5.02 Å². The Morgan fingerprint density at radius 2 is 1.67 bits per heavy atom. The molecule has 0 unspecified atom stereocenters. The Bertz CT molecular complexity index is 792. The van der Waals surface area contributed by atoms with E-state index >= 15 is 0 Å². The van der Waals surface area contributed by atoms with Crippen molar-refractivity contribution in [2.75, 3.05) is 13.1 Å². The zero-order valence-electron chi connectivity index (χ0n) is 15.6. The number of amides is 1. The zero-order chi connectivity index (χ0) is 19.4. The topological polar surface area (TPSA) is 23.6 Å². The molecule has 1 fully saturated rings. The monoisotopic (exact) mass is 386 g/mol. The summed E-state index contributed by atoms with van der Waals surface area (Å²) in [6.45, 7) is 6.49. The first-order valence-corrected chi connectivity index (χ1v) is 9.53. The molecule has 2 aromatic carbocycles. The van der Waals surface area contributed by atoms with Gasteiger partial charge in [-0.1, -0.05) is 35.9 Å². The van der Waals surface area contributed by atoms with Crippen molar-refractivity contribution in [1.29, 1.82) is 0 Å². The number of nitrogens with zero attached hydrogens (tertiary/aromatic N) is 2. The molecule has 0 radical (unpaired) electrons. The minimum absolute atomic E-state index is 0.0198. The van der Waals surface area contributed by atoms with E-state index in [4.69, 9.17) is 11.6 Å². The number of hydrogen-bond donors (Lipinski definition) is 0. The highest BCUT2D eigenvalue weighted by Crippen LogP contribution is 2.19. The molecule has 0 spiro atoms. The van der Waals surface area contributed by atoms with Gasteiger partial charge in [-0.3, -0.25) is 9.69 Å². The summed E-state index contributed by atoms with van der Waals surface area (Å²) < 4.78 is 13.1. The van der Waals surface area contributed by atoms with Crippen molar-refractivity contribution in [2.24, 2.45) is 0 Å². The van der Waals surface area contributed by atoms with Gasteiger partial charge in [0, 0.05) is 42.8 Å². The second-order valence-corrected chi connectivity index (χ2v) is 7.59. The average molecular weight is 387 g/mol. The minimum Gasteiger partial charge on any atom is -0.331 e. The number of carbonyl (C=O) groups excluding carboxylic acids is 1. The molecule has 1 heterocycles. The maximum atomic E-state index is 13.1. The van der Waals surface area contributed by atoms with E-state index in [0.717, 1.165) is 30.8 Å². The van der Waals surface area contributed by atoms with Crippen LogP contribution in [0.4, 0.5) is 4.39 Å². The van der Waals surface area contributed by atoms with Crippen LogP contribution in [0.25, 0.3) is 6.08 Å². The lowest BCUT2D eigenvalue weighted by atomic mass is 10.1. The highest BCUT2D eigenvalue weighted by Gasteiger charge is 2.31. The summed E-state index contributed by atoms with van der Waals surface area (Å²) in [4.78, 5) is 17.0. The molecule has 2 atom stereocenters. The number of halogens is 2. The fraction of sp³-hybridized carbons (Fsp3) is 0.318. The lowest BCUT2D eigenvalue weighted by Crippen LogP contribution is -2.57. The SMILES string of the molecule is C[C@@H]1CN(Cc2ccc(F)cc2)C[C@H](C)N1C(=O)/C=C/c1ccc(Cl)cc1. The van der Waals surface area contributed by atoms with Gasteiger partial charge in [-0.05, 0) is 55.3 Å². The van der Waals surface area contributed by atoms with Gasteiger partial charge in [0.15, 0.2) is 0 Å². The van der Waals surface area contributed by atoms with Crippen LogP contribution in [-0.4, -0.2) is 40.9 Å². The summed E-state index contributed by atoms with van der Waals surface area (Å²) in [5.41, 5.74) is 2.03. The van der Waals surface area contributed by atoms with E-state index in [1.54, 1.807) is 6.08 Å². The molecular formula is C22H24ClFN2O. The summed E-state index contributed by atoms with van der Waals surface area (Å²) >= 11 is 5.89. The van der Waals surface area contributed by atoms with Crippen LogP contribution in [0.15, 0.2) is 54.6 Å². The van der Waals surface area contributed by atoms with E-state index in [9.17, 15) is 9.18 Å². The molecule has 142 valence electrons. The Morgan fingerprint density at radius 3 is 2.26 bits per heavy atom. The van der Waals surface area contributed by atoms with E-state index < -0.39 is 0 Å². The molecule has 5 heteroatoms. The molecule has 0 N–H and O–H groups in total. The predicted octanol–water partition coefficient (Wildman–Crippen LogP) is 4.61. The number of hydrogen-bond acceptors (Lipinski definition) is 2. The summed E-state index contributed by atoms with van der Waals surface area (Å²) in [6, 6.07) is 14.2. The van der Waals surface area contributed by atoms with Crippen LogP contribution in [0.5, 0.6) is 0 Å². The molecule has 2 aromatic rings. The van der Waals surface area contributed by atoms with Crippen LogP contribution in [0, 0.1) is 5.82 Å². The molecule has 3 rings (SSSR count). The van der Waals surface area contributed by atoms with E-state index in [1.807, 2.05) is 47.4 Å². The summed E-state index contributed by atoms with van der Waals surface area (Å²) in [5.74, 6) is -0.199. The Hall–Kier alpha value is -2.17. The molecule has 1 aliphatic rings. The Morgan fingerprint density at radius 1 is 1.07 bits per heavy atom. The van der Waals surface area contributed by atoms with E-state index in [0.29, 0.717) is 5.02 Å². The van der Waals surface area contributed by atoms with Gasteiger partial charge in [-0.15, -0.1) is 0 Å². The highest BCUT2D eigenvalue weighted by atomic mass is 35.5. The summed E-state index contributed by atoms with van der Waals surface area (Å²) in [5, 5.41) is 0.679. The van der Waals surface area contributed by atoms with Crippen LogP contribution in [-0.2, 0) is 11.3 Å². The third-order valence-corrected chi connectivity index (χ3v) is 5.11. The third-order valence-electron chi connectivity index (χ3n) is 4.86. The van der Waals surface area contributed by atoms with Crippen LogP contribution >= 0.6 is 11.6 Å². The van der Waals surface area contributed by atoms with E-state index in [2.05, 4.69) is 18.7 Å². The van der Waals surface area contributed by atoms with Gasteiger partial charge in [0.2, 0.25) is 5.91 Å². The van der Waals surface area contributed by atoms with Gasteiger partial charge < -0.3 is 4.90 Å². The maximum Gasteiger partial charge on any atom is 0.247 e.